The molecule has 2 aromatic heterocycles. The van der Waals surface area contributed by atoms with Gasteiger partial charge in [-0.2, -0.15) is 22.3 Å². The van der Waals surface area contributed by atoms with Gasteiger partial charge in [-0.25, -0.2) is 0 Å². The number of thioether (sulfide) groups is 1. The van der Waals surface area contributed by atoms with E-state index in [2.05, 4.69) is 22.1 Å². The summed E-state index contributed by atoms with van der Waals surface area (Å²) in [4.78, 5) is 39.2. The summed E-state index contributed by atoms with van der Waals surface area (Å²) < 4.78 is 37.0. The van der Waals surface area contributed by atoms with E-state index < -0.39 is 10.8 Å². The Labute approximate surface area is 425 Å². The molecule has 0 unspecified atom stereocenters. The highest BCUT2D eigenvalue weighted by Gasteiger charge is 2.27. The molecule has 0 radical (unpaired) electrons. The number of pyridine rings is 2. The first-order valence-corrected chi connectivity index (χ1v) is 25.6. The van der Waals surface area contributed by atoms with Gasteiger partial charge in [-0.3, -0.25) is 23.8 Å². The quantitative estimate of drug-likeness (QED) is 0.0956. The van der Waals surface area contributed by atoms with E-state index in [1.54, 1.807) is 64.3 Å². The highest BCUT2D eigenvalue weighted by Crippen LogP contribution is 2.40. The average Bonchev–Trinajstić information content (AvgIpc) is 3.38. The first-order chi connectivity index (χ1) is 33.5. The maximum atomic E-state index is 13.8. The van der Waals surface area contributed by atoms with Gasteiger partial charge in [0.15, 0.2) is 0 Å². The van der Waals surface area contributed by atoms with Gasteiger partial charge >= 0.3 is 0 Å². The molecule has 8 rings (SSSR count). The van der Waals surface area contributed by atoms with Gasteiger partial charge < -0.3 is 28.7 Å². The van der Waals surface area contributed by atoms with Crippen LogP contribution in [0.25, 0.3) is 11.1 Å². The number of carbonyl (C=O) groups is 2. The number of ether oxygens (including phenoxy) is 4. The molecular formula is C50H40Cl4N6O7S2. The lowest BCUT2D eigenvalue weighted by Gasteiger charge is -2.27. The van der Waals surface area contributed by atoms with Crippen LogP contribution in [0, 0.1) is 22.7 Å². The Balaban J connectivity index is 1.01. The maximum Gasteiger partial charge on any atom is 0.257 e. The van der Waals surface area contributed by atoms with Gasteiger partial charge in [0.2, 0.25) is 0 Å². The zero-order valence-corrected chi connectivity index (χ0v) is 41.2. The minimum absolute atomic E-state index is 0.000836. The lowest BCUT2D eigenvalue weighted by atomic mass is 10.0. The van der Waals surface area contributed by atoms with Crippen LogP contribution in [0.2, 0.25) is 20.1 Å². The van der Waals surface area contributed by atoms with Crippen molar-refractivity contribution in [2.45, 2.75) is 26.4 Å². The van der Waals surface area contributed by atoms with E-state index in [0.717, 1.165) is 11.5 Å². The van der Waals surface area contributed by atoms with Crippen molar-refractivity contribution in [1.29, 1.82) is 10.5 Å². The molecule has 2 aliphatic rings. The second-order valence-corrected chi connectivity index (χ2v) is 20.2. The van der Waals surface area contributed by atoms with Crippen LogP contribution >= 0.6 is 58.2 Å². The summed E-state index contributed by atoms with van der Waals surface area (Å²) in [6.45, 7) is 1.84. The number of carbonyl (C=O) groups excluding carboxylic acids is 2. The summed E-state index contributed by atoms with van der Waals surface area (Å²) in [6.07, 6.45) is 6.06. The first-order valence-electron chi connectivity index (χ1n) is 21.4. The van der Waals surface area contributed by atoms with Crippen LogP contribution in [-0.2, 0) is 37.2 Å². The van der Waals surface area contributed by atoms with E-state index >= 15 is 0 Å². The summed E-state index contributed by atoms with van der Waals surface area (Å²) in [5.41, 5.74) is 4.97. The van der Waals surface area contributed by atoms with Crippen LogP contribution in [0.1, 0.15) is 54.1 Å². The number of amides is 2. The number of hydrogen-bond acceptors (Lipinski definition) is 12. The molecule has 2 aliphatic heterocycles. The number of halogens is 4. The topological polar surface area (TPSA) is 168 Å². The average molecular weight is 1040 g/mol. The van der Waals surface area contributed by atoms with Crippen molar-refractivity contribution in [3.8, 4) is 46.3 Å². The minimum Gasteiger partial charge on any atom is -0.488 e. The van der Waals surface area contributed by atoms with Crippen molar-refractivity contribution >= 4 is 80.8 Å². The van der Waals surface area contributed by atoms with E-state index in [0.29, 0.717) is 92.2 Å². The molecule has 13 nitrogen and oxygen atoms in total. The molecule has 2 saturated heterocycles. The second kappa shape index (κ2) is 23.0. The number of nitriles is 2. The highest BCUT2D eigenvalue weighted by atomic mass is 35.5. The summed E-state index contributed by atoms with van der Waals surface area (Å²) in [5, 5.41) is 19.9. The third-order valence-corrected chi connectivity index (χ3v) is 14.8. The number of aromatic nitrogens is 2. The molecular weight excluding hydrogens is 1000 g/mol. The van der Waals surface area contributed by atoms with E-state index in [4.69, 9.17) is 65.4 Å². The number of benzene rings is 4. The van der Waals surface area contributed by atoms with Crippen molar-refractivity contribution in [1.82, 2.24) is 19.8 Å². The monoisotopic (exact) mass is 1040 g/mol. The Kier molecular flexibility index (Phi) is 16.5. The Morgan fingerprint density at radius 2 is 1.03 bits per heavy atom. The number of rotatable bonds is 15. The van der Waals surface area contributed by atoms with Crippen LogP contribution < -0.4 is 18.9 Å². The SMILES string of the molecule is N#Cc1cncc(COc2cc(OCc3cccc(-c4cccc(COc5cc(OCc6cncc(C#N)c6)c(C(=O)N6CCS(=O)CC6)cc5Cl)c4Cl)c3Cl)c(Cl)cc2C(=O)N2CCSCC2)c1. The lowest BCUT2D eigenvalue weighted by Crippen LogP contribution is -2.41. The molecule has 0 saturated carbocycles. The predicted molar refractivity (Wildman–Crippen MR) is 267 cm³/mol. The second-order valence-electron chi connectivity index (χ2n) is 15.7. The molecule has 0 bridgehead atoms. The molecule has 352 valence electrons. The van der Waals surface area contributed by atoms with Crippen LogP contribution in [0.5, 0.6) is 23.0 Å². The number of hydrogen-bond donors (Lipinski definition) is 0. The first kappa shape index (κ1) is 49.4. The molecule has 4 aromatic carbocycles. The van der Waals surface area contributed by atoms with Crippen LogP contribution in [0.4, 0.5) is 0 Å². The van der Waals surface area contributed by atoms with Crippen LogP contribution in [-0.4, -0.2) is 85.0 Å². The van der Waals surface area contributed by atoms with E-state index in [-0.39, 0.29) is 82.4 Å². The zero-order valence-electron chi connectivity index (χ0n) is 36.6. The normalized spacial score (nSPS) is 13.8. The minimum atomic E-state index is -0.992. The maximum absolute atomic E-state index is 13.8. The van der Waals surface area contributed by atoms with E-state index in [9.17, 15) is 24.3 Å². The van der Waals surface area contributed by atoms with E-state index in [1.165, 1.54) is 18.5 Å². The molecule has 0 aliphatic carbocycles. The predicted octanol–water partition coefficient (Wildman–Crippen LogP) is 10.2. The van der Waals surface area contributed by atoms with Gasteiger partial charge in [-0.05, 0) is 24.3 Å². The summed E-state index contributed by atoms with van der Waals surface area (Å²) in [6, 6.07) is 24.6. The van der Waals surface area contributed by atoms with Crippen LogP contribution in [0.3, 0.4) is 0 Å². The molecule has 6 aromatic rings. The molecule has 0 atom stereocenters. The van der Waals surface area contributed by atoms with Crippen LogP contribution in [0.15, 0.2) is 97.6 Å². The molecule has 19 heteroatoms. The third-order valence-electron chi connectivity index (χ3n) is 11.1. The number of nitrogens with zero attached hydrogens (tertiary/aromatic N) is 6. The van der Waals surface area contributed by atoms with Crippen molar-refractivity contribution < 1.29 is 32.7 Å². The molecule has 69 heavy (non-hydrogen) atoms. The highest BCUT2D eigenvalue weighted by molar-refractivity contribution is 7.99. The molecule has 2 amide bonds. The summed E-state index contributed by atoms with van der Waals surface area (Å²) in [7, 11) is -0.992. The molecule has 0 N–H and O–H groups in total. The van der Waals surface area contributed by atoms with Crippen molar-refractivity contribution in [2.75, 3.05) is 49.2 Å². The van der Waals surface area contributed by atoms with Gasteiger partial charge in [-0.1, -0.05) is 82.8 Å². The van der Waals surface area contributed by atoms with Gasteiger partial charge in [0.1, 0.15) is 61.6 Å². The van der Waals surface area contributed by atoms with Gasteiger partial charge in [-0.15, -0.1) is 0 Å². The molecule has 2 fully saturated rings. The fraction of sp³-hybridized carbons (Fsp3) is 0.240. The smallest absolute Gasteiger partial charge is 0.257 e. The fourth-order valence-electron chi connectivity index (χ4n) is 7.50. The zero-order chi connectivity index (χ0) is 48.4. The van der Waals surface area contributed by atoms with E-state index in [1.807, 2.05) is 36.4 Å². The van der Waals surface area contributed by atoms with Gasteiger partial charge in [0.05, 0.1) is 42.3 Å². The molecule has 4 heterocycles. The Hall–Kier alpha value is -6.04. The molecule has 0 spiro atoms. The fourth-order valence-corrected chi connectivity index (χ4v) is 10.5. The summed E-state index contributed by atoms with van der Waals surface area (Å²) >= 11 is 29.6. The van der Waals surface area contributed by atoms with Gasteiger partial charge in [0.25, 0.3) is 11.8 Å². The van der Waals surface area contributed by atoms with Crippen molar-refractivity contribution in [3.05, 3.63) is 162 Å². The Morgan fingerprint density at radius 1 is 0.594 bits per heavy atom. The standard InChI is InChI=1S/C50H40Cl4N6O7S2/c51-41-17-39(49(61)59-7-11-68-12-8-59)43(64-27-33-15-31(21-55)23-57-25-33)19-45(41)66-29-35-3-1-5-37(47(35)53)38-6-2-4-36(48(38)54)30-67-46-20-44(65-28-34-16-32(22-56)24-58-26-34)40(18-42(46)52)50(62)60-9-13-69(63)14-10-60/h1-6,15-20,23-26H,7-14,27-30H2. The van der Waals surface area contributed by atoms with Crippen molar-refractivity contribution in [3.63, 3.8) is 0 Å². The van der Waals surface area contributed by atoms with Crippen molar-refractivity contribution in [2.24, 2.45) is 0 Å². The summed E-state index contributed by atoms with van der Waals surface area (Å²) in [5.74, 6) is 2.80. The van der Waals surface area contributed by atoms with Gasteiger partial charge in [0, 0.05) is 130 Å². The Morgan fingerprint density at radius 3 is 1.48 bits per heavy atom. The largest absolute Gasteiger partial charge is 0.488 e. The Bertz CT molecular complexity index is 3020. The lowest BCUT2D eigenvalue weighted by molar-refractivity contribution is 0.0758. The third kappa shape index (κ3) is 12.1.